The average Bonchev–Trinajstić information content (AvgIpc) is 2.65. The quantitative estimate of drug-likeness (QED) is 0.794. The van der Waals surface area contributed by atoms with Crippen LogP contribution < -0.4 is 13.8 Å². The van der Waals surface area contributed by atoms with Gasteiger partial charge in [0.1, 0.15) is 11.5 Å². The van der Waals surface area contributed by atoms with Gasteiger partial charge in [-0.2, -0.15) is 0 Å². The minimum Gasteiger partial charge on any atom is -0.497 e. The summed E-state index contributed by atoms with van der Waals surface area (Å²) in [4.78, 5) is 0. The van der Waals surface area contributed by atoms with E-state index < -0.39 is 10.0 Å². The second-order valence-corrected chi connectivity index (χ2v) is 8.07. The maximum Gasteiger partial charge on any atom is 0.235 e. The number of anilines is 1. The highest BCUT2D eigenvalue weighted by Gasteiger charge is 2.29. The summed E-state index contributed by atoms with van der Waals surface area (Å²) in [5.74, 6) is 1.36. The van der Waals surface area contributed by atoms with Gasteiger partial charge in [-0.05, 0) is 24.8 Å². The maximum absolute atomic E-state index is 13.0. The minimum absolute atomic E-state index is 0.0793. The third-order valence-electron chi connectivity index (χ3n) is 4.50. The Balaban J connectivity index is 1.91. The van der Waals surface area contributed by atoms with Crippen molar-refractivity contribution in [2.75, 3.05) is 30.8 Å². The van der Waals surface area contributed by atoms with E-state index in [1.54, 1.807) is 26.4 Å². The van der Waals surface area contributed by atoms with E-state index in [1.807, 2.05) is 30.3 Å². The molecule has 2 aromatic carbocycles. The predicted molar refractivity (Wildman–Crippen MR) is 99.1 cm³/mol. The molecule has 1 heterocycles. The SMILES string of the molecule is COc1cc(OC)c2c(c1)N(S(=O)(=O)CCc1ccccc1)CCC2. The Morgan fingerprint density at radius 3 is 2.52 bits per heavy atom. The Morgan fingerprint density at radius 1 is 1.08 bits per heavy atom. The fourth-order valence-electron chi connectivity index (χ4n) is 3.19. The van der Waals surface area contributed by atoms with Gasteiger partial charge in [-0.1, -0.05) is 30.3 Å². The molecule has 134 valence electrons. The maximum atomic E-state index is 13.0. The molecule has 5 nitrogen and oxygen atoms in total. The lowest BCUT2D eigenvalue weighted by atomic mass is 10.0. The molecule has 25 heavy (non-hydrogen) atoms. The first-order chi connectivity index (χ1) is 12.0. The summed E-state index contributed by atoms with van der Waals surface area (Å²) >= 11 is 0. The van der Waals surface area contributed by atoms with E-state index in [4.69, 9.17) is 9.47 Å². The molecule has 0 radical (unpaired) electrons. The van der Waals surface area contributed by atoms with Crippen LogP contribution in [0.5, 0.6) is 11.5 Å². The summed E-state index contributed by atoms with van der Waals surface area (Å²) in [7, 11) is -0.260. The molecule has 1 aliphatic heterocycles. The van der Waals surface area contributed by atoms with E-state index in [0.29, 0.717) is 30.2 Å². The van der Waals surface area contributed by atoms with Crippen molar-refractivity contribution in [3.8, 4) is 11.5 Å². The summed E-state index contributed by atoms with van der Waals surface area (Å²) in [6.07, 6.45) is 2.07. The Hall–Kier alpha value is -2.21. The topological polar surface area (TPSA) is 55.8 Å². The predicted octanol–water partition coefficient (Wildman–Crippen LogP) is 3.03. The number of benzene rings is 2. The smallest absolute Gasteiger partial charge is 0.235 e. The summed E-state index contributed by atoms with van der Waals surface area (Å²) in [5.41, 5.74) is 2.62. The van der Waals surface area contributed by atoms with Crippen molar-refractivity contribution >= 4 is 15.7 Å². The molecular weight excluding hydrogens is 338 g/mol. The Kier molecular flexibility index (Phi) is 5.18. The molecule has 0 N–H and O–H groups in total. The first kappa shape index (κ1) is 17.6. The largest absolute Gasteiger partial charge is 0.497 e. The van der Waals surface area contributed by atoms with E-state index in [2.05, 4.69) is 0 Å². The van der Waals surface area contributed by atoms with E-state index >= 15 is 0 Å². The van der Waals surface area contributed by atoms with Gasteiger partial charge < -0.3 is 9.47 Å². The Labute approximate surface area is 149 Å². The second kappa shape index (κ2) is 7.35. The molecule has 0 amide bonds. The van der Waals surface area contributed by atoms with Crippen LogP contribution in [0.2, 0.25) is 0 Å². The van der Waals surface area contributed by atoms with Gasteiger partial charge in [0.2, 0.25) is 10.0 Å². The van der Waals surface area contributed by atoms with Crippen LogP contribution in [0, 0.1) is 0 Å². The first-order valence-electron chi connectivity index (χ1n) is 8.34. The fourth-order valence-corrected chi connectivity index (χ4v) is 4.77. The zero-order valence-corrected chi connectivity index (χ0v) is 15.4. The van der Waals surface area contributed by atoms with Crippen LogP contribution in [-0.4, -0.2) is 34.9 Å². The van der Waals surface area contributed by atoms with Gasteiger partial charge in [-0.25, -0.2) is 8.42 Å². The number of hydrogen-bond donors (Lipinski definition) is 0. The molecule has 0 aliphatic carbocycles. The van der Waals surface area contributed by atoms with Gasteiger partial charge in [0.25, 0.3) is 0 Å². The van der Waals surface area contributed by atoms with Crippen LogP contribution in [0.3, 0.4) is 0 Å². The summed E-state index contributed by atoms with van der Waals surface area (Å²) in [5, 5.41) is 0. The molecule has 0 aromatic heterocycles. The van der Waals surface area contributed by atoms with Gasteiger partial charge in [0.05, 0.1) is 25.7 Å². The normalized spacial score (nSPS) is 14.1. The summed E-state index contributed by atoms with van der Waals surface area (Å²) in [6.45, 7) is 0.487. The molecule has 0 spiro atoms. The van der Waals surface area contributed by atoms with Crippen molar-refractivity contribution in [1.29, 1.82) is 0 Å². The molecule has 6 heteroatoms. The number of ether oxygens (including phenoxy) is 2. The lowest BCUT2D eigenvalue weighted by Gasteiger charge is -2.31. The van der Waals surface area contributed by atoms with Crippen molar-refractivity contribution in [3.63, 3.8) is 0 Å². The van der Waals surface area contributed by atoms with Gasteiger partial charge in [-0.3, -0.25) is 4.31 Å². The highest BCUT2D eigenvalue weighted by atomic mass is 32.2. The highest BCUT2D eigenvalue weighted by molar-refractivity contribution is 7.92. The molecule has 0 atom stereocenters. The molecule has 0 saturated carbocycles. The van der Waals surface area contributed by atoms with Crippen molar-refractivity contribution in [1.82, 2.24) is 0 Å². The molecule has 3 rings (SSSR count). The second-order valence-electron chi connectivity index (χ2n) is 6.05. The molecule has 0 fully saturated rings. The zero-order chi connectivity index (χ0) is 17.9. The molecule has 2 aromatic rings. The lowest BCUT2D eigenvalue weighted by Crippen LogP contribution is -2.37. The van der Waals surface area contributed by atoms with Crippen molar-refractivity contribution in [2.45, 2.75) is 19.3 Å². The zero-order valence-electron chi connectivity index (χ0n) is 14.6. The van der Waals surface area contributed by atoms with Gasteiger partial charge in [-0.15, -0.1) is 0 Å². The minimum atomic E-state index is -3.42. The number of sulfonamides is 1. The first-order valence-corrected chi connectivity index (χ1v) is 9.95. The number of hydrogen-bond acceptors (Lipinski definition) is 4. The van der Waals surface area contributed by atoms with Crippen molar-refractivity contribution < 1.29 is 17.9 Å². The molecule has 0 saturated heterocycles. The average molecular weight is 361 g/mol. The third kappa shape index (κ3) is 3.74. The van der Waals surface area contributed by atoms with Crippen LogP contribution in [0.4, 0.5) is 5.69 Å². The van der Waals surface area contributed by atoms with Crippen LogP contribution in [0.15, 0.2) is 42.5 Å². The molecule has 0 bridgehead atoms. The summed E-state index contributed by atoms with van der Waals surface area (Å²) < 4.78 is 38.2. The van der Waals surface area contributed by atoms with Gasteiger partial charge in [0, 0.05) is 24.2 Å². The molecule has 0 unspecified atom stereocenters. The van der Waals surface area contributed by atoms with Crippen molar-refractivity contribution in [3.05, 3.63) is 53.6 Å². The number of rotatable bonds is 6. The standard InChI is InChI=1S/C19H23NO4S/c1-23-16-13-18-17(19(14-16)24-2)9-6-11-20(18)25(21,22)12-10-15-7-4-3-5-8-15/h3-5,7-8,13-14H,6,9-12H2,1-2H3. The monoisotopic (exact) mass is 361 g/mol. The van der Waals surface area contributed by atoms with Crippen LogP contribution in [-0.2, 0) is 22.9 Å². The van der Waals surface area contributed by atoms with E-state index in [1.165, 1.54) is 4.31 Å². The van der Waals surface area contributed by atoms with Gasteiger partial charge >= 0.3 is 0 Å². The number of aryl methyl sites for hydroxylation is 1. The van der Waals surface area contributed by atoms with Crippen molar-refractivity contribution in [2.24, 2.45) is 0 Å². The summed E-state index contributed by atoms with van der Waals surface area (Å²) in [6, 6.07) is 13.3. The van der Waals surface area contributed by atoms with Crippen LogP contribution in [0.1, 0.15) is 17.5 Å². The van der Waals surface area contributed by atoms with Crippen LogP contribution >= 0.6 is 0 Å². The number of fused-ring (bicyclic) bond motifs is 1. The fraction of sp³-hybridized carbons (Fsp3) is 0.368. The number of methoxy groups -OCH3 is 2. The van der Waals surface area contributed by atoms with Crippen LogP contribution in [0.25, 0.3) is 0 Å². The lowest BCUT2D eigenvalue weighted by molar-refractivity contribution is 0.390. The van der Waals surface area contributed by atoms with E-state index in [0.717, 1.165) is 24.0 Å². The third-order valence-corrected chi connectivity index (χ3v) is 6.27. The molecule has 1 aliphatic rings. The molecular formula is C19H23NO4S. The van der Waals surface area contributed by atoms with E-state index in [-0.39, 0.29) is 5.75 Å². The number of nitrogens with zero attached hydrogens (tertiary/aromatic N) is 1. The highest BCUT2D eigenvalue weighted by Crippen LogP contribution is 2.39. The Bertz CT molecular complexity index is 834. The van der Waals surface area contributed by atoms with Gasteiger partial charge in [0.15, 0.2) is 0 Å². The van der Waals surface area contributed by atoms with E-state index in [9.17, 15) is 8.42 Å². The Morgan fingerprint density at radius 2 is 1.84 bits per heavy atom.